The van der Waals surface area contributed by atoms with Gasteiger partial charge in [-0.05, 0) is 87.2 Å². The summed E-state index contributed by atoms with van der Waals surface area (Å²) in [7, 11) is -4.30. The Kier molecular flexibility index (Phi) is 11.9. The molecule has 1 aliphatic heterocycles. The molecule has 8 nitrogen and oxygen atoms in total. The highest BCUT2D eigenvalue weighted by atomic mass is 35.5. The van der Waals surface area contributed by atoms with Crippen molar-refractivity contribution in [3.63, 3.8) is 0 Å². The van der Waals surface area contributed by atoms with Crippen molar-refractivity contribution in [2.75, 3.05) is 28.6 Å². The van der Waals surface area contributed by atoms with Crippen LogP contribution in [0.15, 0.2) is 88.3 Å². The number of thioether (sulfide) groups is 1. The van der Waals surface area contributed by atoms with Gasteiger partial charge in [0.1, 0.15) is 4.70 Å². The normalized spacial score (nSPS) is 14.3. The number of thiazole rings is 1. The van der Waals surface area contributed by atoms with Crippen LogP contribution in [0.25, 0.3) is 16.3 Å². The van der Waals surface area contributed by atoms with E-state index in [0.29, 0.717) is 31.2 Å². The molecule has 254 valence electrons. The highest BCUT2D eigenvalue weighted by molar-refractivity contribution is 8.03. The van der Waals surface area contributed by atoms with E-state index in [1.54, 1.807) is 23.1 Å². The maximum absolute atomic E-state index is 13.2. The topological polar surface area (TPSA) is 96.7 Å². The second-order valence-electron chi connectivity index (χ2n) is 12.0. The lowest BCUT2D eigenvalue weighted by atomic mass is 10.1. The van der Waals surface area contributed by atoms with E-state index in [1.807, 2.05) is 43.3 Å². The van der Waals surface area contributed by atoms with Gasteiger partial charge in [0, 0.05) is 59.1 Å². The first kappa shape index (κ1) is 35.9. The Labute approximate surface area is 296 Å². The highest BCUT2D eigenvalue weighted by Gasteiger charge is 2.26. The molecule has 1 aliphatic rings. The lowest BCUT2D eigenvalue weighted by Crippen LogP contribution is -2.45. The van der Waals surface area contributed by atoms with Gasteiger partial charge in [-0.1, -0.05) is 65.9 Å². The zero-order chi connectivity index (χ0) is 34.4. The van der Waals surface area contributed by atoms with Crippen molar-refractivity contribution in [2.45, 2.75) is 64.6 Å². The van der Waals surface area contributed by atoms with Crippen LogP contribution >= 0.6 is 34.7 Å². The lowest BCUT2D eigenvalue weighted by Gasteiger charge is -2.28. The molecule has 1 amide bonds. The summed E-state index contributed by atoms with van der Waals surface area (Å²) in [5.74, 6) is -0.443. The number of nitrogens with one attached hydrogen (secondary N) is 1. The molecule has 5 rings (SSSR count). The van der Waals surface area contributed by atoms with E-state index in [2.05, 4.69) is 82.9 Å². The third kappa shape index (κ3) is 9.21. The number of para-hydroxylation sites is 1. The zero-order valence-electron chi connectivity index (χ0n) is 27.6. The molecule has 0 unspecified atom stereocenters. The molecule has 3 aromatic carbocycles. The number of hydrogen-bond donors (Lipinski definition) is 1. The first-order valence-corrected chi connectivity index (χ1v) is 19.6. The number of fused-ring (bicyclic) bond motifs is 2. The van der Waals surface area contributed by atoms with Gasteiger partial charge in [-0.2, -0.15) is 4.57 Å². The van der Waals surface area contributed by atoms with E-state index in [9.17, 15) is 17.8 Å². The number of amides is 1. The fraction of sp³-hybridized carbons (Fsp3) is 0.333. The van der Waals surface area contributed by atoms with Crippen LogP contribution in [-0.4, -0.2) is 43.8 Å². The van der Waals surface area contributed by atoms with Gasteiger partial charge in [0.15, 0.2) is 0 Å². The maximum atomic E-state index is 13.2. The molecule has 0 atom stereocenters. The quantitative estimate of drug-likeness (QED) is 0.105. The third-order valence-corrected chi connectivity index (χ3v) is 11.4. The second kappa shape index (κ2) is 15.9. The van der Waals surface area contributed by atoms with Gasteiger partial charge in [0.2, 0.25) is 18.1 Å². The smallest absolute Gasteiger partial charge is 0.264 e. The molecule has 48 heavy (non-hydrogen) atoms. The van der Waals surface area contributed by atoms with Gasteiger partial charge in [-0.15, -0.1) is 0 Å². The van der Waals surface area contributed by atoms with E-state index >= 15 is 0 Å². The minimum Gasteiger partial charge on any atom is -0.748 e. The number of benzene rings is 3. The van der Waals surface area contributed by atoms with E-state index in [1.165, 1.54) is 0 Å². The van der Waals surface area contributed by atoms with Crippen molar-refractivity contribution < 1.29 is 22.3 Å². The summed E-state index contributed by atoms with van der Waals surface area (Å²) < 4.78 is 37.2. The van der Waals surface area contributed by atoms with Crippen LogP contribution in [0.3, 0.4) is 0 Å². The SMILES string of the molecule is CCC(/C=C1\Sc2ccc(C)cc2N1CCCS(=O)(=O)[O-])=C\c1sc2ccc(Cl)cc2[n+]1CNC(=O)CCN(c1ccccc1)C(C)C. The molecule has 0 aliphatic carbocycles. The molecule has 12 heteroatoms. The van der Waals surface area contributed by atoms with Crippen molar-refractivity contribution in [3.8, 4) is 0 Å². The predicted molar refractivity (Wildman–Crippen MR) is 199 cm³/mol. The predicted octanol–water partition coefficient (Wildman–Crippen LogP) is 7.71. The molecule has 0 saturated heterocycles. The van der Waals surface area contributed by atoms with Crippen LogP contribution in [0.4, 0.5) is 11.4 Å². The van der Waals surface area contributed by atoms with Crippen molar-refractivity contribution in [2.24, 2.45) is 0 Å². The van der Waals surface area contributed by atoms with Crippen LogP contribution in [0.5, 0.6) is 0 Å². The van der Waals surface area contributed by atoms with E-state index in [-0.39, 0.29) is 18.4 Å². The molecule has 0 spiro atoms. The molecular weight excluding hydrogens is 684 g/mol. The van der Waals surface area contributed by atoms with Crippen LogP contribution in [0.1, 0.15) is 50.6 Å². The number of allylic oxidation sites excluding steroid dienone is 2. The van der Waals surface area contributed by atoms with Crippen molar-refractivity contribution in [1.82, 2.24) is 5.32 Å². The van der Waals surface area contributed by atoms with Crippen LogP contribution in [0.2, 0.25) is 5.02 Å². The van der Waals surface area contributed by atoms with Crippen LogP contribution in [-0.2, 0) is 21.6 Å². The minimum atomic E-state index is -4.30. The fourth-order valence-electron chi connectivity index (χ4n) is 5.64. The average molecular weight is 725 g/mol. The van der Waals surface area contributed by atoms with Crippen molar-refractivity contribution in [3.05, 3.63) is 99.0 Å². The maximum Gasteiger partial charge on any atom is 0.264 e. The third-order valence-electron chi connectivity index (χ3n) is 8.11. The fourth-order valence-corrected chi connectivity index (χ4v) is 8.55. The number of anilines is 2. The molecule has 1 aromatic heterocycles. The standard InChI is InChI=1S/C36H41ClN4O4S3/c1-5-27(21-35-40(17-9-19-48(43,44)45)30-20-26(4)12-14-32(30)46-35)22-36-41(31-23-28(37)13-15-33(31)47-36)24-38-34(42)16-18-39(25(2)3)29-10-7-6-8-11-29/h6-8,10-15,20-23,25H,5,9,16-19,24H2,1-4H3,(H-,38,42,43,44,45). The Morgan fingerprint density at radius 3 is 2.60 bits per heavy atom. The van der Waals surface area contributed by atoms with E-state index < -0.39 is 15.9 Å². The van der Waals surface area contributed by atoms with Gasteiger partial charge in [-0.3, -0.25) is 4.79 Å². The molecule has 0 radical (unpaired) electrons. The van der Waals surface area contributed by atoms with Crippen LogP contribution < -0.4 is 19.7 Å². The summed E-state index contributed by atoms with van der Waals surface area (Å²) in [6.07, 6.45) is 5.61. The number of hydrogen-bond acceptors (Lipinski definition) is 8. The van der Waals surface area contributed by atoms with Gasteiger partial charge < -0.3 is 19.7 Å². The number of aryl methyl sites for hydroxylation is 1. The molecule has 1 N–H and O–H groups in total. The highest BCUT2D eigenvalue weighted by Crippen LogP contribution is 2.47. The largest absolute Gasteiger partial charge is 0.748 e. The summed E-state index contributed by atoms with van der Waals surface area (Å²) in [5, 5.41) is 5.70. The van der Waals surface area contributed by atoms with Crippen molar-refractivity contribution >= 4 is 78.4 Å². The number of aromatic nitrogens is 1. The van der Waals surface area contributed by atoms with Gasteiger partial charge in [0.05, 0.1) is 20.8 Å². The van der Waals surface area contributed by atoms with Gasteiger partial charge in [-0.25, -0.2) is 8.42 Å². The van der Waals surface area contributed by atoms with Crippen molar-refractivity contribution in [1.29, 1.82) is 0 Å². The number of carbonyl (C=O) groups is 1. The summed E-state index contributed by atoms with van der Waals surface area (Å²) in [6.45, 7) is 9.69. The Bertz CT molecular complexity index is 1940. The molecule has 0 fully saturated rings. The number of rotatable bonds is 14. The Morgan fingerprint density at radius 2 is 1.90 bits per heavy atom. The Morgan fingerprint density at radius 1 is 1.12 bits per heavy atom. The summed E-state index contributed by atoms with van der Waals surface area (Å²) >= 11 is 9.70. The van der Waals surface area contributed by atoms with Crippen LogP contribution in [0, 0.1) is 6.92 Å². The number of carbonyl (C=O) groups excluding carboxylic acids is 1. The zero-order valence-corrected chi connectivity index (χ0v) is 30.8. The van der Waals surface area contributed by atoms with E-state index in [4.69, 9.17) is 11.6 Å². The second-order valence-corrected chi connectivity index (χ2v) is 16.1. The first-order valence-electron chi connectivity index (χ1n) is 16.0. The van der Waals surface area contributed by atoms with Gasteiger partial charge >= 0.3 is 0 Å². The number of halogens is 1. The molecule has 0 bridgehead atoms. The minimum absolute atomic E-state index is 0.0376. The number of nitrogens with zero attached hydrogens (tertiary/aromatic N) is 3. The van der Waals surface area contributed by atoms with E-state index in [0.717, 1.165) is 54.1 Å². The first-order chi connectivity index (χ1) is 22.9. The molecule has 4 aromatic rings. The molecule has 2 heterocycles. The van der Waals surface area contributed by atoms with Gasteiger partial charge in [0.25, 0.3) is 5.01 Å². The molecule has 0 saturated carbocycles. The summed E-state index contributed by atoms with van der Waals surface area (Å²) in [4.78, 5) is 18.6. The lowest BCUT2D eigenvalue weighted by molar-refractivity contribution is -0.672. The molecular formula is C36H41ClN4O4S3. The Hall–Kier alpha value is -3.35. The Balaban J connectivity index is 1.39. The average Bonchev–Trinajstić information content (AvgIpc) is 3.55. The summed E-state index contributed by atoms with van der Waals surface area (Å²) in [6, 6.07) is 22.4. The summed E-state index contributed by atoms with van der Waals surface area (Å²) in [5.41, 5.74) is 5.22. The monoisotopic (exact) mass is 724 g/mol.